The Morgan fingerprint density at radius 2 is 1.79 bits per heavy atom. The van der Waals surface area contributed by atoms with Gasteiger partial charge in [-0.3, -0.25) is 9.78 Å². The molecule has 1 saturated heterocycles. The number of nitrogens with one attached hydrogen (secondary N) is 1. The number of rotatable bonds is 10. The van der Waals surface area contributed by atoms with Crippen molar-refractivity contribution in [3.63, 3.8) is 0 Å². The summed E-state index contributed by atoms with van der Waals surface area (Å²) in [5.41, 5.74) is 11.4. The first-order valence-corrected chi connectivity index (χ1v) is 12.7. The maximum Gasteiger partial charge on any atom is 0.236 e. The highest BCUT2D eigenvalue weighted by molar-refractivity contribution is 5.80. The first-order chi connectivity index (χ1) is 18.6. The van der Waals surface area contributed by atoms with Crippen molar-refractivity contribution >= 4 is 28.9 Å². The lowest BCUT2D eigenvalue weighted by Gasteiger charge is -2.28. The predicted octanol–water partition coefficient (Wildman–Crippen LogP) is 3.65. The number of aromatic nitrogens is 3. The number of primary amides is 1. The van der Waals surface area contributed by atoms with Crippen molar-refractivity contribution in [1.82, 2.24) is 15.0 Å². The zero-order chi connectivity index (χ0) is 26.2. The fourth-order valence-electron chi connectivity index (χ4n) is 4.43. The standard InChI is InChI=1S/C29H31N7O2/c30-28(37)21-36(15-12-22-2-1-13-31-20-22)26-7-3-23(4-8-26)27-11-14-32-29(34-27)33-24-5-9-25(10-6-24)35-16-18-38-19-17-35/h1-11,13-14,20H,12,15-19,21H2,(H2,30,37)(H,32,33,34). The van der Waals surface area contributed by atoms with Crippen LogP contribution in [0.2, 0.25) is 0 Å². The monoisotopic (exact) mass is 509 g/mol. The molecule has 2 aromatic heterocycles. The number of benzene rings is 2. The number of morpholine rings is 1. The largest absolute Gasteiger partial charge is 0.378 e. The van der Waals surface area contributed by atoms with Gasteiger partial charge in [-0.2, -0.15) is 0 Å². The molecule has 1 amide bonds. The van der Waals surface area contributed by atoms with E-state index in [4.69, 9.17) is 15.5 Å². The number of hydrogen-bond acceptors (Lipinski definition) is 8. The van der Waals surface area contributed by atoms with Crippen LogP contribution in [0.4, 0.5) is 23.0 Å². The summed E-state index contributed by atoms with van der Waals surface area (Å²) in [6.07, 6.45) is 6.09. The molecule has 194 valence electrons. The number of nitrogens with zero attached hydrogens (tertiary/aromatic N) is 5. The van der Waals surface area contributed by atoms with E-state index in [9.17, 15) is 4.79 Å². The zero-order valence-electron chi connectivity index (χ0n) is 21.2. The van der Waals surface area contributed by atoms with Gasteiger partial charge >= 0.3 is 0 Å². The third-order valence-corrected chi connectivity index (χ3v) is 6.42. The summed E-state index contributed by atoms with van der Waals surface area (Å²) >= 11 is 0. The summed E-state index contributed by atoms with van der Waals surface area (Å²) in [5.74, 6) is 0.155. The Kier molecular flexibility index (Phi) is 8.05. The quantitative estimate of drug-likeness (QED) is 0.333. The van der Waals surface area contributed by atoms with Crippen LogP contribution in [0.1, 0.15) is 5.56 Å². The molecule has 0 radical (unpaired) electrons. The fourth-order valence-corrected chi connectivity index (χ4v) is 4.43. The molecule has 3 heterocycles. The lowest BCUT2D eigenvalue weighted by atomic mass is 10.1. The van der Waals surface area contributed by atoms with Crippen molar-refractivity contribution in [2.45, 2.75) is 6.42 Å². The molecule has 0 aliphatic carbocycles. The number of amides is 1. The highest BCUT2D eigenvalue weighted by atomic mass is 16.5. The van der Waals surface area contributed by atoms with Crippen LogP contribution in [0.15, 0.2) is 85.3 Å². The van der Waals surface area contributed by atoms with E-state index >= 15 is 0 Å². The molecule has 0 atom stereocenters. The van der Waals surface area contributed by atoms with Gasteiger partial charge in [-0.15, -0.1) is 0 Å². The van der Waals surface area contributed by atoms with Crippen LogP contribution in [-0.2, 0) is 16.0 Å². The maximum absolute atomic E-state index is 11.7. The van der Waals surface area contributed by atoms with Gasteiger partial charge in [-0.25, -0.2) is 9.97 Å². The van der Waals surface area contributed by atoms with E-state index in [-0.39, 0.29) is 12.5 Å². The predicted molar refractivity (Wildman–Crippen MR) is 150 cm³/mol. The van der Waals surface area contributed by atoms with Gasteiger partial charge in [0.05, 0.1) is 25.5 Å². The molecular weight excluding hydrogens is 478 g/mol. The molecular formula is C29H31N7O2. The summed E-state index contributed by atoms with van der Waals surface area (Å²) in [5, 5.41) is 3.30. The lowest BCUT2D eigenvalue weighted by Crippen LogP contribution is -2.36. The van der Waals surface area contributed by atoms with Crippen molar-refractivity contribution in [3.05, 3.63) is 90.9 Å². The van der Waals surface area contributed by atoms with E-state index in [0.717, 1.165) is 60.9 Å². The Hall–Kier alpha value is -4.50. The summed E-state index contributed by atoms with van der Waals surface area (Å²) < 4.78 is 5.44. The number of ether oxygens (including phenoxy) is 1. The maximum atomic E-state index is 11.7. The van der Waals surface area contributed by atoms with Gasteiger partial charge < -0.3 is 25.6 Å². The first kappa shape index (κ1) is 25.2. The van der Waals surface area contributed by atoms with Crippen LogP contribution in [0.25, 0.3) is 11.3 Å². The van der Waals surface area contributed by atoms with Gasteiger partial charge in [-0.1, -0.05) is 18.2 Å². The average Bonchev–Trinajstić information content (AvgIpc) is 2.97. The Morgan fingerprint density at radius 3 is 2.50 bits per heavy atom. The smallest absolute Gasteiger partial charge is 0.236 e. The fraction of sp³-hybridized carbons (Fsp3) is 0.241. The van der Waals surface area contributed by atoms with E-state index < -0.39 is 0 Å². The number of carbonyl (C=O) groups excluding carboxylic acids is 1. The molecule has 5 rings (SSSR count). The first-order valence-electron chi connectivity index (χ1n) is 12.7. The van der Waals surface area contributed by atoms with Crippen LogP contribution in [-0.4, -0.2) is 60.3 Å². The topological polar surface area (TPSA) is 110 Å². The summed E-state index contributed by atoms with van der Waals surface area (Å²) in [6, 6.07) is 22.1. The molecule has 9 nitrogen and oxygen atoms in total. The molecule has 1 aliphatic heterocycles. The summed E-state index contributed by atoms with van der Waals surface area (Å²) in [6.45, 7) is 4.13. The number of carbonyl (C=O) groups is 1. The molecule has 0 saturated carbocycles. The van der Waals surface area contributed by atoms with E-state index in [1.165, 1.54) is 5.69 Å². The molecule has 1 aliphatic rings. The minimum Gasteiger partial charge on any atom is -0.378 e. The highest BCUT2D eigenvalue weighted by Gasteiger charge is 2.12. The molecule has 1 fully saturated rings. The van der Waals surface area contributed by atoms with Crippen molar-refractivity contribution in [3.8, 4) is 11.3 Å². The van der Waals surface area contributed by atoms with E-state index in [1.807, 2.05) is 65.7 Å². The number of anilines is 4. The van der Waals surface area contributed by atoms with Crippen LogP contribution in [0, 0.1) is 0 Å². The second kappa shape index (κ2) is 12.2. The van der Waals surface area contributed by atoms with Crippen LogP contribution >= 0.6 is 0 Å². The van der Waals surface area contributed by atoms with Gasteiger partial charge in [0.25, 0.3) is 0 Å². The summed E-state index contributed by atoms with van der Waals surface area (Å²) in [4.78, 5) is 29.3. The molecule has 0 spiro atoms. The van der Waals surface area contributed by atoms with Crippen molar-refractivity contribution in [2.24, 2.45) is 5.73 Å². The Morgan fingerprint density at radius 1 is 1.00 bits per heavy atom. The van der Waals surface area contributed by atoms with Crippen LogP contribution in [0.5, 0.6) is 0 Å². The van der Waals surface area contributed by atoms with Crippen molar-refractivity contribution in [2.75, 3.05) is 54.5 Å². The second-order valence-electron chi connectivity index (χ2n) is 9.08. The SMILES string of the molecule is NC(=O)CN(CCc1cccnc1)c1ccc(-c2ccnc(Nc3ccc(N4CCOCC4)cc3)n2)cc1. The number of pyridine rings is 1. The molecule has 0 unspecified atom stereocenters. The third kappa shape index (κ3) is 6.63. The second-order valence-corrected chi connectivity index (χ2v) is 9.08. The van der Waals surface area contributed by atoms with E-state index in [1.54, 1.807) is 12.4 Å². The van der Waals surface area contributed by atoms with E-state index in [0.29, 0.717) is 12.5 Å². The van der Waals surface area contributed by atoms with Gasteiger partial charge in [0.2, 0.25) is 11.9 Å². The molecule has 2 aromatic carbocycles. The third-order valence-electron chi connectivity index (χ3n) is 6.42. The van der Waals surface area contributed by atoms with Gasteiger partial charge in [0.15, 0.2) is 0 Å². The molecule has 4 aromatic rings. The van der Waals surface area contributed by atoms with Crippen molar-refractivity contribution < 1.29 is 9.53 Å². The van der Waals surface area contributed by atoms with Gasteiger partial charge in [-0.05, 0) is 60.5 Å². The van der Waals surface area contributed by atoms with E-state index in [2.05, 4.69) is 32.3 Å². The van der Waals surface area contributed by atoms with Crippen molar-refractivity contribution in [1.29, 1.82) is 0 Å². The Balaban J connectivity index is 1.25. The molecule has 0 bridgehead atoms. The molecule has 3 N–H and O–H groups in total. The molecule has 9 heteroatoms. The normalized spacial score (nSPS) is 13.2. The Bertz CT molecular complexity index is 1330. The van der Waals surface area contributed by atoms with Crippen LogP contribution in [0.3, 0.4) is 0 Å². The minimum absolute atomic E-state index is 0.144. The highest BCUT2D eigenvalue weighted by Crippen LogP contribution is 2.25. The molecule has 38 heavy (non-hydrogen) atoms. The minimum atomic E-state index is -0.371. The Labute approximate surface area is 222 Å². The van der Waals surface area contributed by atoms with Gasteiger partial charge in [0, 0.05) is 60.9 Å². The average molecular weight is 510 g/mol. The summed E-state index contributed by atoms with van der Waals surface area (Å²) in [7, 11) is 0. The van der Waals surface area contributed by atoms with Gasteiger partial charge in [0.1, 0.15) is 0 Å². The number of hydrogen-bond donors (Lipinski definition) is 2. The van der Waals surface area contributed by atoms with Crippen LogP contribution < -0.4 is 20.9 Å². The number of nitrogens with two attached hydrogens (primary N) is 1. The zero-order valence-corrected chi connectivity index (χ0v) is 21.2. The lowest BCUT2D eigenvalue weighted by molar-refractivity contribution is -0.116.